The van der Waals surface area contributed by atoms with E-state index in [1.807, 2.05) is 0 Å². The summed E-state index contributed by atoms with van der Waals surface area (Å²) < 4.78 is 13.3. The quantitative estimate of drug-likeness (QED) is 0.816. The molecule has 27 heavy (non-hydrogen) atoms. The monoisotopic (exact) mass is 369 g/mol. The number of fused-ring (bicyclic) bond motifs is 2. The number of aromatic amines is 1. The van der Waals surface area contributed by atoms with E-state index in [-0.39, 0.29) is 23.9 Å². The van der Waals surface area contributed by atoms with Gasteiger partial charge in [0.25, 0.3) is 0 Å². The summed E-state index contributed by atoms with van der Waals surface area (Å²) in [5.41, 5.74) is 4.77. The molecule has 144 valence electrons. The van der Waals surface area contributed by atoms with E-state index in [1.165, 1.54) is 22.1 Å². The Balaban J connectivity index is 1.72. The fraction of sp³-hybridized carbons (Fsp3) is 0.500. The minimum Gasteiger partial charge on any atom is -0.361 e. The van der Waals surface area contributed by atoms with Crippen molar-refractivity contribution in [3.8, 4) is 0 Å². The Bertz CT molecular complexity index is 868. The number of carbonyl (C=O) groups excluding carboxylic acids is 1. The van der Waals surface area contributed by atoms with Crippen molar-refractivity contribution in [1.82, 2.24) is 15.2 Å². The molecule has 4 rings (SSSR count). The summed E-state index contributed by atoms with van der Waals surface area (Å²) in [5, 5.41) is 4.42. The van der Waals surface area contributed by atoms with Gasteiger partial charge in [0.05, 0.1) is 5.92 Å². The maximum atomic E-state index is 13.3. The third-order valence-corrected chi connectivity index (χ3v) is 6.16. The first-order valence-electron chi connectivity index (χ1n) is 10.1. The zero-order chi connectivity index (χ0) is 19.0. The lowest BCUT2D eigenvalue weighted by Gasteiger charge is -2.41. The smallest absolute Gasteiger partial charge is 0.228 e. The summed E-state index contributed by atoms with van der Waals surface area (Å²) >= 11 is 0. The number of halogens is 1. The molecule has 0 radical (unpaired) electrons. The van der Waals surface area contributed by atoms with Crippen molar-refractivity contribution in [1.29, 1.82) is 0 Å². The van der Waals surface area contributed by atoms with Crippen LogP contribution in [0.2, 0.25) is 0 Å². The molecule has 2 aromatic rings. The summed E-state index contributed by atoms with van der Waals surface area (Å²) in [6.07, 6.45) is 6.93. The lowest BCUT2D eigenvalue weighted by Crippen LogP contribution is -2.50. The number of alkyl halides is 1. The summed E-state index contributed by atoms with van der Waals surface area (Å²) in [6.45, 7) is 4.74. The van der Waals surface area contributed by atoms with E-state index in [0.29, 0.717) is 13.1 Å². The minimum atomic E-state index is -0.394. The Morgan fingerprint density at radius 2 is 2.19 bits per heavy atom. The van der Waals surface area contributed by atoms with E-state index in [9.17, 15) is 9.18 Å². The van der Waals surface area contributed by atoms with E-state index in [1.54, 1.807) is 0 Å². The highest BCUT2D eigenvalue weighted by Crippen LogP contribution is 2.41. The van der Waals surface area contributed by atoms with Crippen molar-refractivity contribution < 1.29 is 9.18 Å². The van der Waals surface area contributed by atoms with Crippen LogP contribution in [0.25, 0.3) is 16.5 Å². The second kappa shape index (κ2) is 7.47. The fourth-order valence-corrected chi connectivity index (χ4v) is 4.65. The largest absolute Gasteiger partial charge is 0.361 e. The standard InChI is InChI=1S/C22H28FN3O/c1-3-16(4-2)25-22(27)15-10-18-17-6-5-7-19-21(17)14(12-24-19)11-20(18)26(13-15)9-8-23/h5-7,10,12,15-16,20,24H,3-4,8-9,11,13H2,1-2H3,(H,25,27)/t15-,20-/m1/s1. The molecule has 4 nitrogen and oxygen atoms in total. The highest BCUT2D eigenvalue weighted by Gasteiger charge is 2.37. The first-order valence-corrected chi connectivity index (χ1v) is 10.1. The first kappa shape index (κ1) is 18.2. The molecule has 2 heterocycles. The molecular weight excluding hydrogens is 341 g/mol. The maximum absolute atomic E-state index is 13.3. The van der Waals surface area contributed by atoms with E-state index in [0.717, 1.165) is 24.8 Å². The van der Waals surface area contributed by atoms with Crippen molar-refractivity contribution in [2.24, 2.45) is 5.92 Å². The molecular formula is C22H28FN3O. The van der Waals surface area contributed by atoms with E-state index < -0.39 is 6.67 Å². The average Bonchev–Trinajstić information content (AvgIpc) is 3.11. The van der Waals surface area contributed by atoms with Crippen LogP contribution in [0.3, 0.4) is 0 Å². The number of hydrogen-bond donors (Lipinski definition) is 2. The van der Waals surface area contributed by atoms with Crippen LogP contribution >= 0.6 is 0 Å². The zero-order valence-electron chi connectivity index (χ0n) is 16.1. The van der Waals surface area contributed by atoms with Gasteiger partial charge in [0.15, 0.2) is 0 Å². The van der Waals surface area contributed by atoms with Crippen LogP contribution in [0.1, 0.15) is 37.8 Å². The van der Waals surface area contributed by atoms with Gasteiger partial charge in [-0.25, -0.2) is 4.39 Å². The van der Waals surface area contributed by atoms with Crippen molar-refractivity contribution in [3.05, 3.63) is 41.6 Å². The molecule has 0 saturated carbocycles. The highest BCUT2D eigenvalue weighted by atomic mass is 19.1. The summed E-state index contributed by atoms with van der Waals surface area (Å²) in [6, 6.07) is 6.62. The van der Waals surface area contributed by atoms with Crippen molar-refractivity contribution in [2.45, 2.75) is 45.2 Å². The fourth-order valence-electron chi connectivity index (χ4n) is 4.65. The molecule has 0 unspecified atom stereocenters. The SMILES string of the molecule is CCC(CC)NC(=O)[C@@H]1C=C2c3cccc4[nH]cc(c34)C[C@H]2N(CCF)C1. The number of nitrogens with one attached hydrogen (secondary N) is 2. The number of H-pyrrole nitrogens is 1. The van der Waals surface area contributed by atoms with Gasteiger partial charge in [0.2, 0.25) is 5.91 Å². The average molecular weight is 369 g/mol. The molecule has 0 spiro atoms. The number of carbonyl (C=O) groups is 1. The van der Waals surface area contributed by atoms with E-state index in [4.69, 9.17) is 0 Å². The van der Waals surface area contributed by atoms with Gasteiger partial charge in [-0.05, 0) is 42.0 Å². The lowest BCUT2D eigenvalue weighted by atomic mass is 9.79. The predicted octanol–water partition coefficient (Wildman–Crippen LogP) is 3.68. The van der Waals surface area contributed by atoms with Crippen molar-refractivity contribution >= 4 is 22.4 Å². The van der Waals surface area contributed by atoms with Crippen LogP contribution in [-0.4, -0.2) is 47.6 Å². The zero-order valence-corrected chi connectivity index (χ0v) is 16.1. The highest BCUT2D eigenvalue weighted by molar-refractivity contribution is 5.99. The second-order valence-electron chi connectivity index (χ2n) is 7.70. The third kappa shape index (κ3) is 3.18. The molecule has 2 N–H and O–H groups in total. The van der Waals surface area contributed by atoms with Gasteiger partial charge < -0.3 is 10.3 Å². The minimum absolute atomic E-state index is 0.0607. The molecule has 0 bridgehead atoms. The van der Waals surface area contributed by atoms with Crippen LogP contribution in [0.5, 0.6) is 0 Å². The molecule has 5 heteroatoms. The summed E-state index contributed by atoms with van der Waals surface area (Å²) in [7, 11) is 0. The van der Waals surface area contributed by atoms with E-state index in [2.05, 4.69) is 59.5 Å². The van der Waals surface area contributed by atoms with Gasteiger partial charge >= 0.3 is 0 Å². The van der Waals surface area contributed by atoms with Gasteiger partial charge in [-0.15, -0.1) is 0 Å². The molecule has 1 aliphatic heterocycles. The van der Waals surface area contributed by atoms with Crippen molar-refractivity contribution in [3.63, 3.8) is 0 Å². The number of rotatable bonds is 6. The number of hydrogen-bond acceptors (Lipinski definition) is 2. The third-order valence-electron chi connectivity index (χ3n) is 6.16. The Kier molecular flexibility index (Phi) is 5.04. The van der Waals surface area contributed by atoms with Gasteiger partial charge in [0, 0.05) is 42.3 Å². The second-order valence-corrected chi connectivity index (χ2v) is 7.70. The van der Waals surface area contributed by atoms with Crippen LogP contribution in [0.4, 0.5) is 4.39 Å². The topological polar surface area (TPSA) is 48.1 Å². The lowest BCUT2D eigenvalue weighted by molar-refractivity contribution is -0.125. The van der Waals surface area contributed by atoms with E-state index >= 15 is 0 Å². The predicted molar refractivity (Wildman–Crippen MR) is 107 cm³/mol. The van der Waals surface area contributed by atoms with Gasteiger partial charge in [0.1, 0.15) is 6.67 Å². The summed E-state index contributed by atoms with van der Waals surface area (Å²) in [5.74, 6) is -0.176. The van der Waals surface area contributed by atoms with Gasteiger partial charge in [-0.2, -0.15) is 0 Å². The first-order chi connectivity index (χ1) is 13.2. The number of benzene rings is 1. The summed E-state index contributed by atoms with van der Waals surface area (Å²) in [4.78, 5) is 18.4. The number of nitrogens with zero attached hydrogens (tertiary/aromatic N) is 1. The molecule has 1 aromatic carbocycles. The van der Waals surface area contributed by atoms with Gasteiger partial charge in [-0.3, -0.25) is 9.69 Å². The maximum Gasteiger partial charge on any atom is 0.228 e. The number of aromatic nitrogens is 1. The Hall–Kier alpha value is -2.14. The molecule has 0 fully saturated rings. The van der Waals surface area contributed by atoms with Crippen LogP contribution < -0.4 is 5.32 Å². The Morgan fingerprint density at radius 3 is 2.93 bits per heavy atom. The molecule has 2 aliphatic rings. The molecule has 2 atom stereocenters. The molecule has 0 saturated heterocycles. The Labute approximate surface area is 159 Å². The molecule has 1 amide bonds. The van der Waals surface area contributed by atoms with Crippen LogP contribution in [0.15, 0.2) is 30.5 Å². The Morgan fingerprint density at radius 1 is 1.37 bits per heavy atom. The van der Waals surface area contributed by atoms with Gasteiger partial charge in [-0.1, -0.05) is 32.1 Å². The number of amides is 1. The molecule has 1 aliphatic carbocycles. The molecule has 1 aromatic heterocycles. The van der Waals surface area contributed by atoms with Crippen molar-refractivity contribution in [2.75, 3.05) is 19.8 Å². The van der Waals surface area contributed by atoms with Crippen LogP contribution in [0, 0.1) is 5.92 Å². The normalized spacial score (nSPS) is 22.0. The van der Waals surface area contributed by atoms with Crippen LogP contribution in [-0.2, 0) is 11.2 Å².